The topological polar surface area (TPSA) is 15.3 Å². The third-order valence-corrected chi connectivity index (χ3v) is 4.09. The fourth-order valence-corrected chi connectivity index (χ4v) is 3.13. The zero-order valence-corrected chi connectivity index (χ0v) is 10.2. The molecule has 2 rings (SSSR count). The molecule has 0 aromatic carbocycles. The maximum absolute atomic E-state index is 3.67. The first-order valence-electron chi connectivity index (χ1n) is 6.87. The van der Waals surface area contributed by atoms with Crippen molar-refractivity contribution in [2.75, 3.05) is 19.6 Å². The van der Waals surface area contributed by atoms with Crippen LogP contribution in [0.1, 0.15) is 51.9 Å². The molecule has 0 aliphatic carbocycles. The van der Waals surface area contributed by atoms with E-state index in [1.807, 2.05) is 0 Å². The highest BCUT2D eigenvalue weighted by atomic mass is 15.2. The molecule has 2 unspecified atom stereocenters. The lowest BCUT2D eigenvalue weighted by molar-refractivity contribution is 0.123. The van der Waals surface area contributed by atoms with Crippen molar-refractivity contribution >= 4 is 0 Å². The summed E-state index contributed by atoms with van der Waals surface area (Å²) in [6, 6.07) is 1.66. The molecule has 1 N–H and O–H groups in total. The largest absolute Gasteiger partial charge is 0.313 e. The normalized spacial score (nSPS) is 34.2. The Bertz CT molecular complexity index is 175. The van der Waals surface area contributed by atoms with E-state index in [1.54, 1.807) is 0 Å². The lowest BCUT2D eigenvalue weighted by atomic mass is 9.97. The van der Waals surface area contributed by atoms with Crippen molar-refractivity contribution in [1.29, 1.82) is 0 Å². The van der Waals surface area contributed by atoms with Gasteiger partial charge in [0, 0.05) is 18.6 Å². The van der Waals surface area contributed by atoms with Gasteiger partial charge >= 0.3 is 0 Å². The van der Waals surface area contributed by atoms with Crippen LogP contribution in [0, 0.1) is 0 Å². The number of likely N-dealkylation sites (tertiary alicyclic amines) is 1. The molecule has 2 aliphatic rings. The van der Waals surface area contributed by atoms with E-state index in [2.05, 4.69) is 17.1 Å². The molecule has 0 spiro atoms. The zero-order chi connectivity index (χ0) is 10.5. The first-order chi connectivity index (χ1) is 7.40. The van der Waals surface area contributed by atoms with E-state index in [1.165, 1.54) is 64.6 Å². The van der Waals surface area contributed by atoms with E-state index in [0.717, 1.165) is 12.1 Å². The van der Waals surface area contributed by atoms with Crippen LogP contribution in [0.15, 0.2) is 0 Å². The second-order valence-electron chi connectivity index (χ2n) is 5.20. The summed E-state index contributed by atoms with van der Waals surface area (Å²) in [5, 5.41) is 3.67. The molecule has 2 heterocycles. The van der Waals surface area contributed by atoms with Crippen LogP contribution in [0.4, 0.5) is 0 Å². The van der Waals surface area contributed by atoms with Crippen molar-refractivity contribution in [3.8, 4) is 0 Å². The van der Waals surface area contributed by atoms with Gasteiger partial charge in [-0.05, 0) is 45.2 Å². The third kappa shape index (κ3) is 3.18. The van der Waals surface area contributed by atoms with Crippen molar-refractivity contribution in [1.82, 2.24) is 10.2 Å². The van der Waals surface area contributed by atoms with Crippen molar-refractivity contribution in [3.05, 3.63) is 0 Å². The molecular formula is C13H26N2. The Hall–Kier alpha value is -0.0800. The van der Waals surface area contributed by atoms with Gasteiger partial charge in [-0.1, -0.05) is 19.8 Å². The molecule has 2 heteroatoms. The summed E-state index contributed by atoms with van der Waals surface area (Å²) >= 11 is 0. The first-order valence-corrected chi connectivity index (χ1v) is 6.87. The average molecular weight is 210 g/mol. The van der Waals surface area contributed by atoms with Gasteiger partial charge in [0.25, 0.3) is 0 Å². The molecular weight excluding hydrogens is 184 g/mol. The Morgan fingerprint density at radius 2 is 2.00 bits per heavy atom. The number of nitrogens with one attached hydrogen (secondary N) is 1. The zero-order valence-electron chi connectivity index (χ0n) is 10.2. The summed E-state index contributed by atoms with van der Waals surface area (Å²) < 4.78 is 0. The van der Waals surface area contributed by atoms with Gasteiger partial charge in [-0.2, -0.15) is 0 Å². The van der Waals surface area contributed by atoms with Gasteiger partial charge in [0.05, 0.1) is 0 Å². The molecule has 0 bridgehead atoms. The average Bonchev–Trinajstić information content (AvgIpc) is 2.31. The highest BCUT2D eigenvalue weighted by Gasteiger charge is 2.24. The lowest BCUT2D eigenvalue weighted by Crippen LogP contribution is -2.48. The summed E-state index contributed by atoms with van der Waals surface area (Å²) in [7, 11) is 0. The van der Waals surface area contributed by atoms with Crippen LogP contribution >= 0.6 is 0 Å². The standard InChI is InChI=1S/C13H26N2/c1-2-13-8-4-6-10-15(13)11-12-7-3-5-9-14-12/h12-14H,2-11H2,1H3. The molecule has 2 fully saturated rings. The minimum atomic E-state index is 0.783. The number of hydrogen-bond acceptors (Lipinski definition) is 2. The summed E-state index contributed by atoms with van der Waals surface area (Å²) in [6.45, 7) is 6.24. The van der Waals surface area contributed by atoms with Gasteiger partial charge in [-0.3, -0.25) is 4.90 Å². The summed E-state index contributed by atoms with van der Waals surface area (Å²) in [5.41, 5.74) is 0. The summed E-state index contributed by atoms with van der Waals surface area (Å²) in [4.78, 5) is 2.74. The van der Waals surface area contributed by atoms with Crippen LogP contribution < -0.4 is 5.32 Å². The van der Waals surface area contributed by atoms with E-state index in [-0.39, 0.29) is 0 Å². The molecule has 2 saturated heterocycles. The molecule has 0 radical (unpaired) electrons. The predicted molar refractivity (Wildman–Crippen MR) is 65.1 cm³/mol. The highest BCUT2D eigenvalue weighted by molar-refractivity contribution is 4.82. The van der Waals surface area contributed by atoms with Gasteiger partial charge in [0.15, 0.2) is 0 Å². The Kier molecular flexibility index (Phi) is 4.45. The Morgan fingerprint density at radius 1 is 1.13 bits per heavy atom. The number of piperidine rings is 2. The lowest BCUT2D eigenvalue weighted by Gasteiger charge is -2.38. The molecule has 0 saturated carbocycles. The Morgan fingerprint density at radius 3 is 2.73 bits per heavy atom. The highest BCUT2D eigenvalue weighted by Crippen LogP contribution is 2.20. The third-order valence-electron chi connectivity index (χ3n) is 4.09. The molecule has 15 heavy (non-hydrogen) atoms. The van der Waals surface area contributed by atoms with Crippen LogP contribution in [0.3, 0.4) is 0 Å². The van der Waals surface area contributed by atoms with Crippen LogP contribution in [-0.4, -0.2) is 36.6 Å². The van der Waals surface area contributed by atoms with E-state index in [4.69, 9.17) is 0 Å². The van der Waals surface area contributed by atoms with Crippen molar-refractivity contribution in [3.63, 3.8) is 0 Å². The van der Waals surface area contributed by atoms with E-state index >= 15 is 0 Å². The number of nitrogens with zero attached hydrogens (tertiary/aromatic N) is 1. The number of rotatable bonds is 3. The quantitative estimate of drug-likeness (QED) is 0.769. The van der Waals surface area contributed by atoms with Crippen LogP contribution in [0.5, 0.6) is 0 Å². The van der Waals surface area contributed by atoms with Gasteiger partial charge in [-0.25, -0.2) is 0 Å². The van der Waals surface area contributed by atoms with Gasteiger partial charge < -0.3 is 5.32 Å². The smallest absolute Gasteiger partial charge is 0.0195 e. The summed E-state index contributed by atoms with van der Waals surface area (Å²) in [5.74, 6) is 0. The fraction of sp³-hybridized carbons (Fsp3) is 1.00. The monoisotopic (exact) mass is 210 g/mol. The molecule has 0 aromatic heterocycles. The van der Waals surface area contributed by atoms with Gasteiger partial charge in [-0.15, -0.1) is 0 Å². The maximum atomic E-state index is 3.67. The molecule has 0 amide bonds. The summed E-state index contributed by atoms with van der Waals surface area (Å²) in [6.07, 6.45) is 9.86. The van der Waals surface area contributed by atoms with Crippen LogP contribution in [0.25, 0.3) is 0 Å². The van der Waals surface area contributed by atoms with E-state index in [0.29, 0.717) is 0 Å². The molecule has 2 atom stereocenters. The van der Waals surface area contributed by atoms with Gasteiger partial charge in [0.1, 0.15) is 0 Å². The first kappa shape index (κ1) is 11.4. The molecule has 2 nitrogen and oxygen atoms in total. The van der Waals surface area contributed by atoms with Gasteiger partial charge in [0.2, 0.25) is 0 Å². The van der Waals surface area contributed by atoms with E-state index < -0.39 is 0 Å². The SMILES string of the molecule is CCC1CCCCN1CC1CCCCN1. The maximum Gasteiger partial charge on any atom is 0.0195 e. The predicted octanol–water partition coefficient (Wildman–Crippen LogP) is 2.39. The van der Waals surface area contributed by atoms with E-state index in [9.17, 15) is 0 Å². The Balaban J connectivity index is 1.79. The number of hydrogen-bond donors (Lipinski definition) is 1. The second-order valence-corrected chi connectivity index (χ2v) is 5.20. The minimum Gasteiger partial charge on any atom is -0.313 e. The molecule has 88 valence electrons. The van der Waals surface area contributed by atoms with Crippen molar-refractivity contribution in [2.45, 2.75) is 64.0 Å². The second kappa shape index (κ2) is 5.86. The fourth-order valence-electron chi connectivity index (χ4n) is 3.13. The molecule has 2 aliphatic heterocycles. The van der Waals surface area contributed by atoms with Crippen LogP contribution in [0.2, 0.25) is 0 Å². The van der Waals surface area contributed by atoms with Crippen LogP contribution in [-0.2, 0) is 0 Å². The minimum absolute atomic E-state index is 0.783. The van der Waals surface area contributed by atoms with Crippen molar-refractivity contribution < 1.29 is 0 Å². The van der Waals surface area contributed by atoms with Crippen molar-refractivity contribution in [2.24, 2.45) is 0 Å². The molecule has 0 aromatic rings. The Labute approximate surface area is 94.4 Å².